The second kappa shape index (κ2) is 3.09. The van der Waals surface area contributed by atoms with Crippen LogP contribution in [0.4, 0.5) is 0 Å². The van der Waals surface area contributed by atoms with Crippen molar-refractivity contribution in [1.29, 1.82) is 0 Å². The standard InChI is InChI=1S/C11H19NO/c1-7(2)12-9-4-5-11(12)10(6-9)8(3)13/h7,9-11H,4-6H2,1-3H3. The second-order valence-electron chi connectivity index (χ2n) is 4.79. The lowest BCUT2D eigenvalue weighted by Crippen LogP contribution is -2.37. The molecule has 2 nitrogen and oxygen atoms in total. The molecular formula is C11H19NO. The summed E-state index contributed by atoms with van der Waals surface area (Å²) in [6.07, 6.45) is 3.68. The Balaban J connectivity index is 2.15. The summed E-state index contributed by atoms with van der Waals surface area (Å²) in [5.41, 5.74) is 0. The van der Waals surface area contributed by atoms with Gasteiger partial charge < -0.3 is 0 Å². The molecular weight excluding hydrogens is 162 g/mol. The van der Waals surface area contributed by atoms with Gasteiger partial charge in [-0.25, -0.2) is 0 Å². The third-order valence-electron chi connectivity index (χ3n) is 3.71. The molecule has 0 aromatic carbocycles. The van der Waals surface area contributed by atoms with Crippen LogP contribution in [0.1, 0.15) is 40.0 Å². The normalized spacial score (nSPS) is 38.9. The van der Waals surface area contributed by atoms with E-state index in [4.69, 9.17) is 0 Å². The molecule has 0 aromatic rings. The van der Waals surface area contributed by atoms with E-state index in [9.17, 15) is 4.79 Å². The number of nitrogens with zero attached hydrogens (tertiary/aromatic N) is 1. The van der Waals surface area contributed by atoms with Gasteiger partial charge in [-0.15, -0.1) is 0 Å². The van der Waals surface area contributed by atoms with Crippen LogP contribution in [0.25, 0.3) is 0 Å². The monoisotopic (exact) mass is 181 g/mol. The Labute approximate surface area is 80.3 Å². The minimum absolute atomic E-state index is 0.348. The number of carbonyl (C=O) groups excluding carboxylic acids is 1. The van der Waals surface area contributed by atoms with E-state index in [2.05, 4.69) is 18.7 Å². The Morgan fingerprint density at radius 3 is 2.46 bits per heavy atom. The molecule has 2 bridgehead atoms. The molecule has 2 saturated heterocycles. The fourth-order valence-corrected chi connectivity index (χ4v) is 3.27. The highest BCUT2D eigenvalue weighted by atomic mass is 16.1. The van der Waals surface area contributed by atoms with Crippen LogP contribution >= 0.6 is 0 Å². The molecule has 74 valence electrons. The molecule has 3 atom stereocenters. The van der Waals surface area contributed by atoms with Crippen LogP contribution < -0.4 is 0 Å². The number of hydrogen-bond acceptors (Lipinski definition) is 2. The molecule has 2 heteroatoms. The van der Waals surface area contributed by atoms with E-state index < -0.39 is 0 Å². The number of ketones is 1. The number of carbonyl (C=O) groups is 1. The van der Waals surface area contributed by atoms with Crippen molar-refractivity contribution in [2.24, 2.45) is 5.92 Å². The molecule has 3 unspecified atom stereocenters. The number of rotatable bonds is 2. The van der Waals surface area contributed by atoms with Crippen LogP contribution in [-0.2, 0) is 4.79 Å². The van der Waals surface area contributed by atoms with Gasteiger partial charge in [0.15, 0.2) is 0 Å². The van der Waals surface area contributed by atoms with Gasteiger partial charge in [-0.05, 0) is 40.0 Å². The van der Waals surface area contributed by atoms with Gasteiger partial charge >= 0.3 is 0 Å². The highest BCUT2D eigenvalue weighted by Crippen LogP contribution is 2.43. The summed E-state index contributed by atoms with van der Waals surface area (Å²) in [4.78, 5) is 13.9. The Bertz CT molecular complexity index is 224. The lowest BCUT2D eigenvalue weighted by molar-refractivity contribution is -0.121. The molecule has 0 aromatic heterocycles. The third-order valence-corrected chi connectivity index (χ3v) is 3.71. The summed E-state index contributed by atoms with van der Waals surface area (Å²) >= 11 is 0. The molecule has 0 spiro atoms. The van der Waals surface area contributed by atoms with E-state index in [0.29, 0.717) is 29.8 Å². The van der Waals surface area contributed by atoms with Gasteiger partial charge in [-0.3, -0.25) is 9.69 Å². The molecule has 2 aliphatic heterocycles. The maximum Gasteiger partial charge on any atom is 0.134 e. The summed E-state index contributed by atoms with van der Waals surface area (Å²) in [6.45, 7) is 6.24. The van der Waals surface area contributed by atoms with Gasteiger partial charge in [0.2, 0.25) is 0 Å². The lowest BCUT2D eigenvalue weighted by Gasteiger charge is -2.27. The highest BCUT2D eigenvalue weighted by molar-refractivity contribution is 5.79. The van der Waals surface area contributed by atoms with Crippen LogP contribution in [0.15, 0.2) is 0 Å². The van der Waals surface area contributed by atoms with Crippen LogP contribution in [0.3, 0.4) is 0 Å². The molecule has 2 aliphatic rings. The first kappa shape index (κ1) is 9.20. The summed E-state index contributed by atoms with van der Waals surface area (Å²) in [5, 5.41) is 0. The van der Waals surface area contributed by atoms with Crippen molar-refractivity contribution in [3.05, 3.63) is 0 Å². The Morgan fingerprint density at radius 2 is 2.08 bits per heavy atom. The number of hydrogen-bond donors (Lipinski definition) is 0. The summed E-state index contributed by atoms with van der Waals surface area (Å²) < 4.78 is 0. The van der Waals surface area contributed by atoms with E-state index in [-0.39, 0.29) is 0 Å². The van der Waals surface area contributed by atoms with E-state index in [1.165, 1.54) is 12.8 Å². The Kier molecular flexibility index (Phi) is 2.18. The first-order valence-electron chi connectivity index (χ1n) is 5.39. The molecule has 0 aliphatic carbocycles. The van der Waals surface area contributed by atoms with Gasteiger partial charge in [0.1, 0.15) is 5.78 Å². The highest BCUT2D eigenvalue weighted by Gasteiger charge is 2.48. The molecule has 2 rings (SSSR count). The molecule has 0 saturated carbocycles. The SMILES string of the molecule is CC(=O)C1CC2CCC1N2C(C)C. The summed E-state index contributed by atoms with van der Waals surface area (Å²) in [5.74, 6) is 0.749. The van der Waals surface area contributed by atoms with E-state index in [1.807, 2.05) is 0 Å². The van der Waals surface area contributed by atoms with Crippen LogP contribution in [0, 0.1) is 5.92 Å². The zero-order chi connectivity index (χ0) is 9.59. The van der Waals surface area contributed by atoms with Gasteiger partial charge in [0.25, 0.3) is 0 Å². The van der Waals surface area contributed by atoms with E-state index in [1.54, 1.807) is 6.92 Å². The van der Waals surface area contributed by atoms with Crippen molar-refractivity contribution < 1.29 is 4.79 Å². The van der Waals surface area contributed by atoms with Gasteiger partial charge in [0.05, 0.1) is 0 Å². The average Bonchev–Trinajstić information content (AvgIpc) is 2.58. The van der Waals surface area contributed by atoms with E-state index in [0.717, 1.165) is 6.42 Å². The van der Waals surface area contributed by atoms with Crippen molar-refractivity contribution in [3.8, 4) is 0 Å². The molecule has 0 radical (unpaired) electrons. The average molecular weight is 181 g/mol. The number of fused-ring (bicyclic) bond motifs is 2. The summed E-state index contributed by atoms with van der Waals surface area (Å²) in [6, 6.07) is 1.89. The zero-order valence-corrected chi connectivity index (χ0v) is 8.79. The third kappa shape index (κ3) is 1.32. The molecule has 13 heavy (non-hydrogen) atoms. The van der Waals surface area contributed by atoms with Gasteiger partial charge in [-0.1, -0.05) is 0 Å². The van der Waals surface area contributed by atoms with E-state index >= 15 is 0 Å². The Hall–Kier alpha value is -0.370. The van der Waals surface area contributed by atoms with Crippen molar-refractivity contribution in [2.75, 3.05) is 0 Å². The maximum absolute atomic E-state index is 11.4. The second-order valence-corrected chi connectivity index (χ2v) is 4.79. The smallest absolute Gasteiger partial charge is 0.134 e. The predicted octanol–water partition coefficient (Wildman–Crippen LogP) is 1.84. The summed E-state index contributed by atoms with van der Waals surface area (Å²) in [7, 11) is 0. The minimum Gasteiger partial charge on any atom is -0.300 e. The van der Waals surface area contributed by atoms with Crippen LogP contribution in [-0.4, -0.2) is 28.8 Å². The molecule has 0 N–H and O–H groups in total. The van der Waals surface area contributed by atoms with Crippen molar-refractivity contribution in [1.82, 2.24) is 4.90 Å². The fraction of sp³-hybridized carbons (Fsp3) is 0.909. The van der Waals surface area contributed by atoms with Crippen LogP contribution in [0.5, 0.6) is 0 Å². The Morgan fingerprint density at radius 1 is 1.38 bits per heavy atom. The van der Waals surface area contributed by atoms with Crippen molar-refractivity contribution in [3.63, 3.8) is 0 Å². The van der Waals surface area contributed by atoms with Crippen LogP contribution in [0.2, 0.25) is 0 Å². The van der Waals surface area contributed by atoms with Gasteiger partial charge in [-0.2, -0.15) is 0 Å². The molecule has 0 amide bonds. The zero-order valence-electron chi connectivity index (χ0n) is 8.79. The van der Waals surface area contributed by atoms with Crippen molar-refractivity contribution in [2.45, 2.75) is 58.2 Å². The first-order valence-corrected chi connectivity index (χ1v) is 5.39. The molecule has 2 heterocycles. The van der Waals surface area contributed by atoms with Gasteiger partial charge in [0, 0.05) is 24.0 Å². The minimum atomic E-state index is 0.348. The first-order chi connectivity index (χ1) is 6.11. The lowest BCUT2D eigenvalue weighted by atomic mass is 9.87. The number of Topliss-reactive ketones (excluding diaryl/α,β-unsaturated/α-hetero) is 1. The molecule has 2 fully saturated rings. The largest absolute Gasteiger partial charge is 0.300 e. The fourth-order valence-electron chi connectivity index (χ4n) is 3.27. The quantitative estimate of drug-likeness (QED) is 0.648. The maximum atomic E-state index is 11.4. The topological polar surface area (TPSA) is 20.3 Å². The predicted molar refractivity (Wildman–Crippen MR) is 52.6 cm³/mol. The van der Waals surface area contributed by atoms with Crippen molar-refractivity contribution >= 4 is 5.78 Å².